The second-order valence-electron chi connectivity index (χ2n) is 5.19. The Hall–Kier alpha value is -2.49. The Morgan fingerprint density at radius 3 is 2.50 bits per heavy atom. The molecule has 4 N–H and O–H groups in total. The summed E-state index contributed by atoms with van der Waals surface area (Å²) >= 11 is 5.86. The van der Waals surface area contributed by atoms with Crippen LogP contribution < -0.4 is 19.9 Å². The molecule has 2 rings (SSSR count). The van der Waals surface area contributed by atoms with Crippen LogP contribution >= 0.6 is 11.6 Å². The number of methoxy groups -OCH3 is 2. The summed E-state index contributed by atoms with van der Waals surface area (Å²) in [6.07, 6.45) is 0. The van der Waals surface area contributed by atoms with Crippen LogP contribution in [0.4, 0.5) is 5.69 Å². The molecular weight excluding hydrogens is 384 g/mol. The van der Waals surface area contributed by atoms with Crippen molar-refractivity contribution in [2.24, 2.45) is 5.14 Å². The summed E-state index contributed by atoms with van der Waals surface area (Å²) in [6.45, 7) is 0.213. The number of sulfonamides is 1. The number of anilines is 1. The van der Waals surface area contributed by atoms with Gasteiger partial charge in [0.25, 0.3) is 0 Å². The molecule has 0 radical (unpaired) electrons. The molecular formula is C16H17ClN2O6S. The van der Waals surface area contributed by atoms with Crippen LogP contribution in [0.5, 0.6) is 11.5 Å². The van der Waals surface area contributed by atoms with Gasteiger partial charge in [-0.05, 0) is 18.2 Å². The fraction of sp³-hybridized carbons (Fsp3) is 0.188. The third-order valence-corrected chi connectivity index (χ3v) is 5.00. The van der Waals surface area contributed by atoms with Crippen molar-refractivity contribution in [3.8, 4) is 11.5 Å². The summed E-state index contributed by atoms with van der Waals surface area (Å²) in [7, 11) is -1.20. The van der Waals surface area contributed by atoms with Gasteiger partial charge < -0.3 is 19.9 Å². The normalized spacial score (nSPS) is 11.1. The number of benzene rings is 2. The standard InChI is InChI=1S/C16H17ClN2O6S/c1-24-12-5-3-4-9(15(12)25-2)8-19-10-6-11(16(20)21)14(17)13(7-10)26(18,22)23/h3-7,19H,8H2,1-2H3,(H,20,21)(H2,18,22,23). The molecule has 0 saturated heterocycles. The highest BCUT2D eigenvalue weighted by Crippen LogP contribution is 2.32. The smallest absolute Gasteiger partial charge is 0.337 e. The zero-order chi connectivity index (χ0) is 19.5. The van der Waals surface area contributed by atoms with Crippen molar-refractivity contribution < 1.29 is 27.8 Å². The number of halogens is 1. The first kappa shape index (κ1) is 19.8. The molecule has 0 atom stereocenters. The molecule has 0 saturated carbocycles. The van der Waals surface area contributed by atoms with Crippen molar-refractivity contribution >= 4 is 33.3 Å². The number of ether oxygens (including phenoxy) is 2. The van der Waals surface area contributed by atoms with Gasteiger partial charge in [0.1, 0.15) is 4.90 Å². The van der Waals surface area contributed by atoms with Crippen LogP contribution in [0.2, 0.25) is 5.02 Å². The molecule has 0 heterocycles. The fourth-order valence-electron chi connectivity index (χ4n) is 2.35. The summed E-state index contributed by atoms with van der Waals surface area (Å²) in [5.41, 5.74) is 0.565. The van der Waals surface area contributed by atoms with Crippen molar-refractivity contribution in [1.29, 1.82) is 0 Å². The predicted molar refractivity (Wildman–Crippen MR) is 96.7 cm³/mol. The molecule has 0 spiro atoms. The van der Waals surface area contributed by atoms with Gasteiger partial charge in [0.15, 0.2) is 11.5 Å². The summed E-state index contributed by atoms with van der Waals surface area (Å²) in [6, 6.07) is 7.68. The van der Waals surface area contributed by atoms with E-state index in [1.807, 2.05) is 0 Å². The minimum absolute atomic E-state index is 0.213. The Bertz CT molecular complexity index is 946. The minimum atomic E-state index is -4.20. The van der Waals surface area contributed by atoms with Gasteiger partial charge in [0, 0.05) is 17.8 Å². The number of primary sulfonamides is 1. The SMILES string of the molecule is COc1cccc(CNc2cc(C(=O)O)c(Cl)c(S(N)(=O)=O)c2)c1OC. The van der Waals surface area contributed by atoms with Crippen LogP contribution in [-0.4, -0.2) is 33.7 Å². The molecule has 0 bridgehead atoms. The first-order valence-electron chi connectivity index (χ1n) is 7.22. The predicted octanol–water partition coefficient (Wildman–Crippen LogP) is 2.31. The lowest BCUT2D eigenvalue weighted by molar-refractivity contribution is 0.0697. The van der Waals surface area contributed by atoms with E-state index in [0.717, 1.165) is 5.56 Å². The van der Waals surface area contributed by atoms with Gasteiger partial charge in [-0.3, -0.25) is 0 Å². The van der Waals surface area contributed by atoms with E-state index in [2.05, 4.69) is 5.32 Å². The highest BCUT2D eigenvalue weighted by molar-refractivity contribution is 7.89. The van der Waals surface area contributed by atoms with Gasteiger partial charge in [-0.25, -0.2) is 18.4 Å². The van der Waals surface area contributed by atoms with Crippen LogP contribution in [0.25, 0.3) is 0 Å². The highest BCUT2D eigenvalue weighted by Gasteiger charge is 2.21. The summed E-state index contributed by atoms with van der Waals surface area (Å²) < 4.78 is 33.9. The van der Waals surface area contributed by atoms with Crippen LogP contribution in [0.3, 0.4) is 0 Å². The van der Waals surface area contributed by atoms with Crippen LogP contribution in [0.1, 0.15) is 15.9 Å². The number of hydrogen-bond acceptors (Lipinski definition) is 6. The van der Waals surface area contributed by atoms with Crippen molar-refractivity contribution in [2.45, 2.75) is 11.4 Å². The Morgan fingerprint density at radius 1 is 1.27 bits per heavy atom. The summed E-state index contributed by atoms with van der Waals surface area (Å²) in [5, 5.41) is 16.9. The number of hydrogen-bond donors (Lipinski definition) is 3. The number of rotatable bonds is 7. The fourth-order valence-corrected chi connectivity index (χ4v) is 3.52. The maximum atomic E-state index is 11.7. The monoisotopic (exact) mass is 400 g/mol. The number of nitrogens with one attached hydrogen (secondary N) is 1. The molecule has 0 aliphatic rings. The number of nitrogens with two attached hydrogens (primary N) is 1. The van der Waals surface area contributed by atoms with Gasteiger partial charge >= 0.3 is 5.97 Å². The second kappa shape index (κ2) is 7.81. The molecule has 0 aliphatic carbocycles. The van der Waals surface area contributed by atoms with E-state index < -0.39 is 25.9 Å². The molecule has 10 heteroatoms. The third-order valence-electron chi connectivity index (χ3n) is 3.54. The Morgan fingerprint density at radius 2 is 1.96 bits per heavy atom. The minimum Gasteiger partial charge on any atom is -0.493 e. The first-order chi connectivity index (χ1) is 12.2. The van der Waals surface area contributed by atoms with Crippen molar-refractivity contribution in [2.75, 3.05) is 19.5 Å². The zero-order valence-electron chi connectivity index (χ0n) is 13.9. The van der Waals surface area contributed by atoms with E-state index in [1.54, 1.807) is 18.2 Å². The Balaban J connectivity index is 2.42. The number of aromatic carboxylic acids is 1. The topological polar surface area (TPSA) is 128 Å². The second-order valence-corrected chi connectivity index (χ2v) is 7.10. The van der Waals surface area contributed by atoms with E-state index in [0.29, 0.717) is 11.5 Å². The number of carboxylic acid groups (broad SMARTS) is 1. The van der Waals surface area contributed by atoms with E-state index >= 15 is 0 Å². The molecule has 2 aromatic rings. The average Bonchev–Trinajstić information content (AvgIpc) is 2.58. The molecule has 0 fully saturated rings. The number of carbonyl (C=O) groups is 1. The maximum Gasteiger partial charge on any atom is 0.337 e. The van der Waals surface area contributed by atoms with Gasteiger partial charge in [-0.1, -0.05) is 23.7 Å². The van der Waals surface area contributed by atoms with Gasteiger partial charge in [0.05, 0.1) is 24.8 Å². The molecule has 8 nitrogen and oxygen atoms in total. The van der Waals surface area contributed by atoms with Crippen molar-refractivity contribution in [3.63, 3.8) is 0 Å². The number of para-hydroxylation sites is 1. The lowest BCUT2D eigenvalue weighted by Crippen LogP contribution is -2.15. The van der Waals surface area contributed by atoms with E-state index in [1.165, 1.54) is 26.4 Å². The molecule has 0 aromatic heterocycles. The van der Waals surface area contributed by atoms with Crippen LogP contribution in [0, 0.1) is 0 Å². The van der Waals surface area contributed by atoms with E-state index in [-0.39, 0.29) is 17.8 Å². The van der Waals surface area contributed by atoms with E-state index in [4.69, 9.17) is 26.2 Å². The van der Waals surface area contributed by atoms with Crippen LogP contribution in [-0.2, 0) is 16.6 Å². The van der Waals surface area contributed by atoms with Crippen LogP contribution in [0.15, 0.2) is 35.2 Å². The number of carboxylic acids is 1. The quantitative estimate of drug-likeness (QED) is 0.650. The Kier molecular flexibility index (Phi) is 5.96. The summed E-state index contributed by atoms with van der Waals surface area (Å²) in [5.74, 6) is -0.344. The molecule has 0 amide bonds. The third kappa shape index (κ3) is 4.18. The zero-order valence-corrected chi connectivity index (χ0v) is 15.5. The lowest BCUT2D eigenvalue weighted by atomic mass is 10.1. The summed E-state index contributed by atoms with van der Waals surface area (Å²) in [4.78, 5) is 10.9. The molecule has 0 aliphatic heterocycles. The van der Waals surface area contributed by atoms with Gasteiger partial charge in [-0.15, -0.1) is 0 Å². The molecule has 2 aromatic carbocycles. The Labute approximate surface area is 155 Å². The average molecular weight is 401 g/mol. The van der Waals surface area contributed by atoms with E-state index in [9.17, 15) is 18.3 Å². The highest BCUT2D eigenvalue weighted by atomic mass is 35.5. The van der Waals surface area contributed by atoms with Crippen molar-refractivity contribution in [1.82, 2.24) is 0 Å². The first-order valence-corrected chi connectivity index (χ1v) is 9.14. The van der Waals surface area contributed by atoms with Crippen molar-refractivity contribution in [3.05, 3.63) is 46.5 Å². The van der Waals surface area contributed by atoms with Gasteiger partial charge in [-0.2, -0.15) is 0 Å². The largest absolute Gasteiger partial charge is 0.493 e. The maximum absolute atomic E-state index is 11.7. The molecule has 0 unspecified atom stereocenters. The molecule has 140 valence electrons. The lowest BCUT2D eigenvalue weighted by Gasteiger charge is -2.15. The molecule has 26 heavy (non-hydrogen) atoms. The van der Waals surface area contributed by atoms with Gasteiger partial charge in [0.2, 0.25) is 10.0 Å².